The lowest BCUT2D eigenvalue weighted by Gasteiger charge is -2.09. The average molecular weight is 289 g/mol. The Morgan fingerprint density at radius 2 is 2.27 bits per heavy atom. The van der Waals surface area contributed by atoms with Crippen LogP contribution < -0.4 is 0 Å². The maximum absolute atomic E-state index is 11.6. The van der Waals surface area contributed by atoms with Crippen LogP contribution in [0, 0.1) is 0 Å². The van der Waals surface area contributed by atoms with Crippen molar-refractivity contribution in [3.8, 4) is 0 Å². The fourth-order valence-corrected chi connectivity index (χ4v) is 2.54. The van der Waals surface area contributed by atoms with Gasteiger partial charge in [0.2, 0.25) is 0 Å². The van der Waals surface area contributed by atoms with E-state index in [-0.39, 0.29) is 5.97 Å². The number of carbonyl (C=O) groups excluding carboxylic acids is 1. The van der Waals surface area contributed by atoms with Gasteiger partial charge in [-0.15, -0.1) is 0 Å². The summed E-state index contributed by atoms with van der Waals surface area (Å²) in [6.45, 7) is 2.22. The molecular formula is C11H13BrO2S. The van der Waals surface area contributed by atoms with Crippen molar-refractivity contribution in [1.82, 2.24) is 0 Å². The Hall–Kier alpha value is -0.480. The van der Waals surface area contributed by atoms with E-state index in [1.165, 1.54) is 0 Å². The third kappa shape index (κ3) is 3.24. The second-order valence-electron chi connectivity index (χ2n) is 2.92. The number of ether oxygens (including phenoxy) is 1. The van der Waals surface area contributed by atoms with Gasteiger partial charge in [0.25, 0.3) is 0 Å². The molecule has 0 amide bonds. The van der Waals surface area contributed by atoms with Gasteiger partial charge in [0.05, 0.1) is 12.2 Å². The SMILES string of the molecule is CCOC(=O)c1cccc(Br)c1CSC. The van der Waals surface area contributed by atoms with Crippen LogP contribution in [0.4, 0.5) is 0 Å². The number of rotatable bonds is 4. The molecule has 4 heteroatoms. The Morgan fingerprint density at radius 3 is 2.87 bits per heavy atom. The number of hydrogen-bond acceptors (Lipinski definition) is 3. The van der Waals surface area contributed by atoms with Crippen molar-refractivity contribution in [3.63, 3.8) is 0 Å². The molecule has 0 aliphatic carbocycles. The van der Waals surface area contributed by atoms with Crippen LogP contribution in [0.3, 0.4) is 0 Å². The first kappa shape index (κ1) is 12.6. The van der Waals surface area contributed by atoms with E-state index >= 15 is 0 Å². The van der Waals surface area contributed by atoms with Crippen LogP contribution in [0.2, 0.25) is 0 Å². The molecule has 0 spiro atoms. The number of carbonyl (C=O) groups is 1. The maximum Gasteiger partial charge on any atom is 0.338 e. The van der Waals surface area contributed by atoms with Gasteiger partial charge in [-0.05, 0) is 30.9 Å². The second-order valence-corrected chi connectivity index (χ2v) is 4.64. The van der Waals surface area contributed by atoms with E-state index in [2.05, 4.69) is 15.9 Å². The highest BCUT2D eigenvalue weighted by Gasteiger charge is 2.13. The number of esters is 1. The third-order valence-corrected chi connectivity index (χ3v) is 3.22. The van der Waals surface area contributed by atoms with Crippen molar-refractivity contribution in [3.05, 3.63) is 33.8 Å². The topological polar surface area (TPSA) is 26.3 Å². The zero-order valence-corrected chi connectivity index (χ0v) is 11.2. The molecule has 1 aromatic carbocycles. The van der Waals surface area contributed by atoms with E-state index < -0.39 is 0 Å². The Labute approximate surface area is 103 Å². The van der Waals surface area contributed by atoms with E-state index in [1.54, 1.807) is 17.8 Å². The van der Waals surface area contributed by atoms with Crippen LogP contribution in [0.15, 0.2) is 22.7 Å². The molecule has 0 saturated carbocycles. The van der Waals surface area contributed by atoms with Crippen molar-refractivity contribution in [2.75, 3.05) is 12.9 Å². The third-order valence-electron chi connectivity index (χ3n) is 1.90. The van der Waals surface area contributed by atoms with Gasteiger partial charge in [-0.3, -0.25) is 0 Å². The first-order valence-electron chi connectivity index (χ1n) is 4.64. The van der Waals surface area contributed by atoms with Crippen molar-refractivity contribution in [2.24, 2.45) is 0 Å². The summed E-state index contributed by atoms with van der Waals surface area (Å²) in [6.07, 6.45) is 2.01. The minimum Gasteiger partial charge on any atom is -0.462 e. The summed E-state index contributed by atoms with van der Waals surface area (Å²) >= 11 is 5.13. The minimum absolute atomic E-state index is 0.247. The molecule has 0 N–H and O–H groups in total. The molecular weight excluding hydrogens is 276 g/mol. The molecule has 2 nitrogen and oxygen atoms in total. The van der Waals surface area contributed by atoms with Crippen molar-refractivity contribution in [2.45, 2.75) is 12.7 Å². The minimum atomic E-state index is -0.247. The highest BCUT2D eigenvalue weighted by Crippen LogP contribution is 2.25. The Kier molecular flexibility index (Phi) is 5.19. The zero-order valence-electron chi connectivity index (χ0n) is 8.75. The predicted octanol–water partition coefficient (Wildman–Crippen LogP) is 3.49. The Balaban J connectivity index is 3.04. The number of thioether (sulfide) groups is 1. The normalized spacial score (nSPS) is 10.1. The summed E-state index contributed by atoms with van der Waals surface area (Å²) in [4.78, 5) is 11.6. The van der Waals surface area contributed by atoms with Gasteiger partial charge >= 0.3 is 5.97 Å². The number of benzene rings is 1. The zero-order chi connectivity index (χ0) is 11.3. The van der Waals surface area contributed by atoms with Gasteiger partial charge in [0.15, 0.2) is 0 Å². The van der Waals surface area contributed by atoms with Crippen LogP contribution in [-0.2, 0) is 10.5 Å². The smallest absolute Gasteiger partial charge is 0.338 e. The first-order valence-corrected chi connectivity index (χ1v) is 6.82. The standard InChI is InChI=1S/C11H13BrO2S/c1-3-14-11(13)8-5-4-6-10(12)9(8)7-15-2/h4-6H,3,7H2,1-2H3. The maximum atomic E-state index is 11.6. The average Bonchev–Trinajstić information content (AvgIpc) is 2.21. The summed E-state index contributed by atoms with van der Waals surface area (Å²) in [7, 11) is 0. The summed E-state index contributed by atoms with van der Waals surface area (Å²) in [6, 6.07) is 5.59. The molecule has 0 atom stereocenters. The molecule has 0 radical (unpaired) electrons. The largest absolute Gasteiger partial charge is 0.462 e. The summed E-state index contributed by atoms with van der Waals surface area (Å²) in [5, 5.41) is 0. The molecule has 0 heterocycles. The van der Waals surface area contributed by atoms with Crippen LogP contribution in [0.25, 0.3) is 0 Å². The highest BCUT2D eigenvalue weighted by molar-refractivity contribution is 9.10. The number of halogens is 1. The van der Waals surface area contributed by atoms with E-state index in [1.807, 2.05) is 25.3 Å². The van der Waals surface area contributed by atoms with Crippen LogP contribution in [-0.4, -0.2) is 18.8 Å². The predicted molar refractivity (Wildman–Crippen MR) is 67.3 cm³/mol. The quantitative estimate of drug-likeness (QED) is 0.794. The van der Waals surface area contributed by atoms with Gasteiger partial charge < -0.3 is 4.74 Å². The molecule has 1 rings (SSSR count). The van der Waals surface area contributed by atoms with Gasteiger partial charge in [-0.25, -0.2) is 4.79 Å². The molecule has 0 aliphatic heterocycles. The lowest BCUT2D eigenvalue weighted by Crippen LogP contribution is -2.08. The molecule has 1 aromatic rings. The van der Waals surface area contributed by atoms with Crippen LogP contribution in [0.5, 0.6) is 0 Å². The Morgan fingerprint density at radius 1 is 1.53 bits per heavy atom. The van der Waals surface area contributed by atoms with Gasteiger partial charge in [0.1, 0.15) is 0 Å². The molecule has 82 valence electrons. The monoisotopic (exact) mass is 288 g/mol. The molecule has 0 aliphatic rings. The van der Waals surface area contributed by atoms with Crippen LogP contribution >= 0.6 is 27.7 Å². The summed E-state index contributed by atoms with van der Waals surface area (Å²) in [5.74, 6) is 0.554. The lowest BCUT2D eigenvalue weighted by molar-refractivity contribution is 0.0525. The van der Waals surface area contributed by atoms with E-state index in [0.29, 0.717) is 12.2 Å². The van der Waals surface area contributed by atoms with E-state index in [4.69, 9.17) is 4.74 Å². The van der Waals surface area contributed by atoms with Crippen molar-refractivity contribution in [1.29, 1.82) is 0 Å². The van der Waals surface area contributed by atoms with Gasteiger partial charge in [-0.1, -0.05) is 22.0 Å². The molecule has 0 bridgehead atoms. The second kappa shape index (κ2) is 6.18. The molecule has 15 heavy (non-hydrogen) atoms. The molecule has 0 saturated heterocycles. The first-order chi connectivity index (χ1) is 7.20. The van der Waals surface area contributed by atoms with Crippen LogP contribution in [0.1, 0.15) is 22.8 Å². The molecule has 0 unspecified atom stereocenters. The van der Waals surface area contributed by atoms with Crippen molar-refractivity contribution < 1.29 is 9.53 Å². The fraction of sp³-hybridized carbons (Fsp3) is 0.364. The van der Waals surface area contributed by atoms with Gasteiger partial charge in [0, 0.05) is 10.2 Å². The fourth-order valence-electron chi connectivity index (χ4n) is 1.25. The highest BCUT2D eigenvalue weighted by atomic mass is 79.9. The molecule has 0 fully saturated rings. The summed E-state index contributed by atoms with van der Waals surface area (Å²) in [5.41, 5.74) is 1.66. The van der Waals surface area contributed by atoms with Crippen molar-refractivity contribution >= 4 is 33.7 Å². The number of hydrogen-bond donors (Lipinski definition) is 0. The van der Waals surface area contributed by atoms with Gasteiger partial charge in [-0.2, -0.15) is 11.8 Å². The van der Waals surface area contributed by atoms with E-state index in [9.17, 15) is 4.79 Å². The Bertz CT molecular complexity index is 352. The lowest BCUT2D eigenvalue weighted by atomic mass is 10.1. The summed E-state index contributed by atoms with van der Waals surface area (Å²) < 4.78 is 5.96. The molecule has 0 aromatic heterocycles. The van der Waals surface area contributed by atoms with E-state index in [0.717, 1.165) is 15.8 Å².